The van der Waals surface area contributed by atoms with Crippen LogP contribution in [0.15, 0.2) is 29.0 Å². The van der Waals surface area contributed by atoms with Crippen molar-refractivity contribution in [1.29, 1.82) is 0 Å². The van der Waals surface area contributed by atoms with Crippen molar-refractivity contribution in [2.45, 2.75) is 44.2 Å². The van der Waals surface area contributed by atoms with E-state index in [9.17, 15) is 0 Å². The lowest BCUT2D eigenvalue weighted by Gasteiger charge is -2.13. The highest BCUT2D eigenvalue weighted by molar-refractivity contribution is 6.29. The minimum absolute atomic E-state index is 0.0896. The summed E-state index contributed by atoms with van der Waals surface area (Å²) in [4.78, 5) is 0. The summed E-state index contributed by atoms with van der Waals surface area (Å²) < 4.78 is 7.21. The predicted molar refractivity (Wildman–Crippen MR) is 77.2 cm³/mol. The predicted octanol–water partition coefficient (Wildman–Crippen LogP) is 2.99. The first-order valence-electron chi connectivity index (χ1n) is 7.01. The van der Waals surface area contributed by atoms with E-state index in [0.29, 0.717) is 17.7 Å². The minimum atomic E-state index is -0.0896. The van der Waals surface area contributed by atoms with Crippen LogP contribution in [0.1, 0.15) is 49.0 Å². The van der Waals surface area contributed by atoms with Gasteiger partial charge in [0.05, 0.1) is 24.0 Å². The number of hydrogen-bond acceptors (Lipinski definition) is 4. The number of hydrogen-bond donors (Lipinski definition) is 2. The summed E-state index contributed by atoms with van der Waals surface area (Å²) in [6.45, 7) is 0. The van der Waals surface area contributed by atoms with Crippen LogP contribution in [0.2, 0.25) is 5.22 Å². The van der Waals surface area contributed by atoms with E-state index in [1.54, 1.807) is 6.26 Å². The maximum atomic E-state index is 6.00. The number of hydrazine groups is 1. The quantitative estimate of drug-likeness (QED) is 0.657. The van der Waals surface area contributed by atoms with Gasteiger partial charge in [-0.25, -0.2) is 0 Å². The van der Waals surface area contributed by atoms with Crippen LogP contribution in [0.4, 0.5) is 0 Å². The van der Waals surface area contributed by atoms with Gasteiger partial charge in [-0.1, -0.05) is 12.8 Å². The van der Waals surface area contributed by atoms with E-state index >= 15 is 0 Å². The summed E-state index contributed by atoms with van der Waals surface area (Å²) in [5.74, 6) is 5.62. The topological polar surface area (TPSA) is 69.0 Å². The molecule has 3 rings (SSSR count). The molecule has 0 aromatic carbocycles. The number of rotatable bonds is 5. The molecule has 1 saturated carbocycles. The van der Waals surface area contributed by atoms with E-state index in [1.807, 2.05) is 6.07 Å². The Morgan fingerprint density at radius 2 is 2.25 bits per heavy atom. The highest BCUT2D eigenvalue weighted by Gasteiger charge is 2.20. The van der Waals surface area contributed by atoms with E-state index in [0.717, 1.165) is 11.3 Å². The van der Waals surface area contributed by atoms with Gasteiger partial charge in [0.25, 0.3) is 0 Å². The lowest BCUT2D eigenvalue weighted by atomic mass is 10.1. The van der Waals surface area contributed by atoms with Crippen LogP contribution in [0.25, 0.3) is 0 Å². The number of aromatic nitrogens is 2. The molecule has 1 fully saturated rings. The second kappa shape index (κ2) is 5.99. The second-order valence-electron chi connectivity index (χ2n) is 5.30. The standard InChI is InChI=1S/C14H19ClN4O/c15-14-12(6-8-20-14)13(17-16)9-10-5-7-19(18-10)11-3-1-2-4-11/h5-8,11,13,17H,1-4,9,16H2. The molecule has 2 heterocycles. The molecule has 6 heteroatoms. The van der Waals surface area contributed by atoms with E-state index in [-0.39, 0.29) is 6.04 Å². The second-order valence-corrected chi connectivity index (χ2v) is 5.64. The SMILES string of the molecule is NNC(Cc1ccn(C2CCCC2)n1)c1ccoc1Cl. The van der Waals surface area contributed by atoms with Gasteiger partial charge < -0.3 is 4.42 Å². The van der Waals surface area contributed by atoms with Crippen molar-refractivity contribution >= 4 is 11.6 Å². The van der Waals surface area contributed by atoms with Crippen LogP contribution in [-0.4, -0.2) is 9.78 Å². The summed E-state index contributed by atoms with van der Waals surface area (Å²) in [6, 6.07) is 4.36. The maximum absolute atomic E-state index is 6.00. The summed E-state index contributed by atoms with van der Waals surface area (Å²) >= 11 is 6.00. The Hall–Kier alpha value is -1.30. The molecule has 1 aliphatic carbocycles. The minimum Gasteiger partial charge on any atom is -0.453 e. The monoisotopic (exact) mass is 294 g/mol. The number of nitrogens with zero attached hydrogens (tertiary/aromatic N) is 2. The largest absolute Gasteiger partial charge is 0.453 e. The third kappa shape index (κ3) is 2.75. The molecule has 108 valence electrons. The number of halogens is 1. The van der Waals surface area contributed by atoms with Gasteiger partial charge in [0.1, 0.15) is 0 Å². The summed E-state index contributed by atoms with van der Waals surface area (Å²) in [7, 11) is 0. The van der Waals surface area contributed by atoms with Crippen molar-refractivity contribution in [2.75, 3.05) is 0 Å². The fraction of sp³-hybridized carbons (Fsp3) is 0.500. The van der Waals surface area contributed by atoms with Gasteiger partial charge in [-0.05, 0) is 36.6 Å². The summed E-state index contributed by atoms with van der Waals surface area (Å²) in [5.41, 5.74) is 4.66. The highest BCUT2D eigenvalue weighted by Crippen LogP contribution is 2.30. The number of nitrogens with two attached hydrogens (primary N) is 1. The molecule has 0 saturated heterocycles. The average molecular weight is 295 g/mol. The Balaban J connectivity index is 1.71. The molecule has 5 nitrogen and oxygen atoms in total. The lowest BCUT2D eigenvalue weighted by molar-refractivity contribution is 0.456. The summed E-state index contributed by atoms with van der Waals surface area (Å²) in [5, 5.41) is 5.04. The molecule has 20 heavy (non-hydrogen) atoms. The first-order valence-corrected chi connectivity index (χ1v) is 7.39. The maximum Gasteiger partial charge on any atom is 0.197 e. The Morgan fingerprint density at radius 1 is 1.45 bits per heavy atom. The molecule has 1 atom stereocenters. The van der Waals surface area contributed by atoms with Gasteiger partial charge >= 0.3 is 0 Å². The average Bonchev–Trinajstić information content (AvgIpc) is 3.17. The molecule has 0 aliphatic heterocycles. The van der Waals surface area contributed by atoms with Crippen LogP contribution < -0.4 is 11.3 Å². The zero-order valence-corrected chi connectivity index (χ0v) is 12.0. The van der Waals surface area contributed by atoms with Crippen LogP contribution in [0.3, 0.4) is 0 Å². The van der Waals surface area contributed by atoms with Crippen LogP contribution >= 0.6 is 11.6 Å². The van der Waals surface area contributed by atoms with Crippen molar-refractivity contribution in [3.63, 3.8) is 0 Å². The molecule has 0 bridgehead atoms. The van der Waals surface area contributed by atoms with Gasteiger partial charge in [0.2, 0.25) is 0 Å². The third-order valence-electron chi connectivity index (χ3n) is 4.00. The molecule has 2 aromatic rings. The molecule has 0 radical (unpaired) electrons. The molecule has 1 aliphatic rings. The Kier molecular flexibility index (Phi) is 4.10. The van der Waals surface area contributed by atoms with Crippen molar-refractivity contribution in [2.24, 2.45) is 5.84 Å². The van der Waals surface area contributed by atoms with Crippen molar-refractivity contribution in [3.05, 3.63) is 41.1 Å². The van der Waals surface area contributed by atoms with Gasteiger partial charge in [0.15, 0.2) is 5.22 Å². The van der Waals surface area contributed by atoms with Crippen molar-refractivity contribution < 1.29 is 4.42 Å². The van der Waals surface area contributed by atoms with E-state index in [4.69, 9.17) is 21.9 Å². The molecule has 1 unspecified atom stereocenters. The van der Waals surface area contributed by atoms with Gasteiger partial charge in [-0.15, -0.1) is 0 Å². The highest BCUT2D eigenvalue weighted by atomic mass is 35.5. The third-order valence-corrected chi connectivity index (χ3v) is 4.31. The molecule has 0 amide bonds. The van der Waals surface area contributed by atoms with E-state index < -0.39 is 0 Å². The zero-order valence-electron chi connectivity index (χ0n) is 11.3. The number of nitrogens with one attached hydrogen (secondary N) is 1. The van der Waals surface area contributed by atoms with Crippen molar-refractivity contribution in [1.82, 2.24) is 15.2 Å². The van der Waals surface area contributed by atoms with Crippen molar-refractivity contribution in [3.8, 4) is 0 Å². The molecular formula is C14H19ClN4O. The van der Waals surface area contributed by atoms with Gasteiger partial charge in [0, 0.05) is 18.2 Å². The van der Waals surface area contributed by atoms with Gasteiger partial charge in [-0.3, -0.25) is 16.0 Å². The fourth-order valence-electron chi connectivity index (χ4n) is 2.88. The van der Waals surface area contributed by atoms with Crippen LogP contribution in [0, 0.1) is 0 Å². The van der Waals surface area contributed by atoms with Gasteiger partial charge in [-0.2, -0.15) is 5.10 Å². The Morgan fingerprint density at radius 3 is 2.90 bits per heavy atom. The smallest absolute Gasteiger partial charge is 0.197 e. The number of furan rings is 1. The van der Waals surface area contributed by atoms with Crippen LogP contribution in [0.5, 0.6) is 0 Å². The summed E-state index contributed by atoms with van der Waals surface area (Å²) in [6.07, 6.45) is 9.39. The Labute approximate surface area is 123 Å². The molecular weight excluding hydrogens is 276 g/mol. The molecule has 3 N–H and O–H groups in total. The molecule has 0 spiro atoms. The first kappa shape index (κ1) is 13.7. The van der Waals surface area contributed by atoms with E-state index in [2.05, 4.69) is 27.5 Å². The zero-order chi connectivity index (χ0) is 13.9. The van der Waals surface area contributed by atoms with Crippen LogP contribution in [-0.2, 0) is 6.42 Å². The first-order chi connectivity index (χ1) is 9.78. The van der Waals surface area contributed by atoms with E-state index in [1.165, 1.54) is 25.7 Å². The lowest BCUT2D eigenvalue weighted by Crippen LogP contribution is -2.29. The molecule has 2 aromatic heterocycles. The Bertz CT molecular complexity index is 559. The normalized spacial score (nSPS) is 17.7. The fourth-order valence-corrected chi connectivity index (χ4v) is 3.13.